The van der Waals surface area contributed by atoms with Gasteiger partial charge in [-0.2, -0.15) is 0 Å². The molecule has 2 atom stereocenters. The van der Waals surface area contributed by atoms with Crippen LogP contribution in [0, 0.1) is 0 Å². The Labute approximate surface area is 252 Å². The molecule has 0 aliphatic carbocycles. The van der Waals surface area contributed by atoms with Crippen LogP contribution in [0.15, 0.2) is 0 Å². The molecular formula is C30H56N2O10. The van der Waals surface area contributed by atoms with Crippen LogP contribution in [0.1, 0.15) is 105 Å². The first-order chi connectivity index (χ1) is 20.1. The van der Waals surface area contributed by atoms with E-state index in [-0.39, 0.29) is 38.3 Å². The van der Waals surface area contributed by atoms with Crippen LogP contribution in [0.5, 0.6) is 0 Å². The summed E-state index contributed by atoms with van der Waals surface area (Å²) in [6.45, 7) is 12.6. The fourth-order valence-corrected chi connectivity index (χ4v) is 4.36. The molecule has 246 valence electrons. The summed E-state index contributed by atoms with van der Waals surface area (Å²) in [5.41, 5.74) is 0. The van der Waals surface area contributed by atoms with E-state index < -0.39 is 24.2 Å². The number of carboxylic acid groups (broad SMARTS) is 2. The molecule has 0 radical (unpaired) electrons. The van der Waals surface area contributed by atoms with Crippen molar-refractivity contribution in [3.05, 3.63) is 0 Å². The van der Waals surface area contributed by atoms with Gasteiger partial charge in [-0.15, -0.1) is 0 Å². The van der Waals surface area contributed by atoms with E-state index >= 15 is 0 Å². The van der Waals surface area contributed by atoms with Crippen LogP contribution < -0.4 is 0 Å². The van der Waals surface area contributed by atoms with E-state index in [2.05, 4.69) is 18.7 Å². The number of carbonyl (C=O) groups is 4. The molecule has 0 bridgehead atoms. The lowest BCUT2D eigenvalue weighted by molar-refractivity contribution is -0.138. The topological polar surface area (TPSA) is 152 Å². The summed E-state index contributed by atoms with van der Waals surface area (Å²) in [5.74, 6) is -1.75. The molecule has 0 saturated carbocycles. The molecular weight excluding hydrogens is 548 g/mol. The average Bonchev–Trinajstić information content (AvgIpc) is 2.94. The van der Waals surface area contributed by atoms with Crippen molar-refractivity contribution in [1.82, 2.24) is 9.80 Å². The Morgan fingerprint density at radius 2 is 0.952 bits per heavy atom. The number of hydrogen-bond acceptors (Lipinski definition) is 10. The van der Waals surface area contributed by atoms with Gasteiger partial charge in [0.05, 0.1) is 0 Å². The molecule has 0 saturated heterocycles. The predicted octanol–water partition coefficient (Wildman–Crippen LogP) is 5.56. The van der Waals surface area contributed by atoms with E-state index in [0.29, 0.717) is 58.2 Å². The second kappa shape index (κ2) is 26.1. The highest BCUT2D eigenvalue weighted by Gasteiger charge is 2.18. The van der Waals surface area contributed by atoms with Crippen LogP contribution in [0.3, 0.4) is 0 Å². The van der Waals surface area contributed by atoms with Gasteiger partial charge in [0.2, 0.25) is 0 Å². The Bertz CT molecular complexity index is 681. The summed E-state index contributed by atoms with van der Waals surface area (Å²) < 4.78 is 21.6. The van der Waals surface area contributed by atoms with Gasteiger partial charge < -0.3 is 34.1 Å². The molecule has 12 heteroatoms. The van der Waals surface area contributed by atoms with Crippen molar-refractivity contribution < 1.29 is 48.3 Å². The number of hydrogen-bond donors (Lipinski definition) is 2. The Kier molecular flexibility index (Phi) is 24.4. The van der Waals surface area contributed by atoms with E-state index in [0.717, 1.165) is 45.3 Å². The van der Waals surface area contributed by atoms with E-state index in [9.17, 15) is 19.2 Å². The van der Waals surface area contributed by atoms with Gasteiger partial charge in [-0.3, -0.25) is 14.5 Å². The lowest BCUT2D eigenvalue weighted by Crippen LogP contribution is -2.39. The Morgan fingerprint density at radius 1 is 0.571 bits per heavy atom. The fraction of sp³-hybridized carbons (Fsp3) is 0.867. The quantitative estimate of drug-likeness (QED) is 0.113. The zero-order valence-corrected chi connectivity index (χ0v) is 26.4. The van der Waals surface area contributed by atoms with Gasteiger partial charge in [0.1, 0.15) is 25.4 Å². The Balaban J connectivity index is 4.82. The molecule has 12 nitrogen and oxygen atoms in total. The summed E-state index contributed by atoms with van der Waals surface area (Å²) in [6.07, 6.45) is 4.53. The van der Waals surface area contributed by atoms with Crippen LogP contribution in [0.2, 0.25) is 0 Å². The minimum Gasteiger partial charge on any atom is -0.481 e. The van der Waals surface area contributed by atoms with Gasteiger partial charge in [-0.05, 0) is 51.6 Å². The molecule has 0 aliphatic heterocycles. The van der Waals surface area contributed by atoms with E-state index in [1.165, 1.54) is 0 Å². The van der Waals surface area contributed by atoms with Gasteiger partial charge in [0, 0.05) is 39.0 Å². The second-order valence-corrected chi connectivity index (χ2v) is 10.4. The van der Waals surface area contributed by atoms with E-state index in [1.807, 2.05) is 18.7 Å². The molecule has 0 spiro atoms. The average molecular weight is 605 g/mol. The molecule has 0 rings (SSSR count). The zero-order chi connectivity index (χ0) is 31.6. The van der Waals surface area contributed by atoms with Crippen molar-refractivity contribution >= 4 is 24.2 Å². The lowest BCUT2D eigenvalue weighted by atomic mass is 10.1. The maximum Gasteiger partial charge on any atom is 0.508 e. The molecule has 0 heterocycles. The first kappa shape index (κ1) is 39.4. The lowest BCUT2D eigenvalue weighted by Gasteiger charge is -2.26. The number of unbranched alkanes of at least 4 members (excludes halogenated alkanes) is 2. The number of nitrogens with zero attached hydrogens (tertiary/aromatic N) is 2. The van der Waals surface area contributed by atoms with Crippen molar-refractivity contribution in [2.75, 3.05) is 52.5 Å². The first-order valence-corrected chi connectivity index (χ1v) is 15.7. The number of aliphatic carboxylic acids is 2. The normalized spacial score (nSPS) is 12.6. The van der Waals surface area contributed by atoms with Gasteiger partial charge in [-0.1, -0.05) is 53.4 Å². The van der Waals surface area contributed by atoms with Crippen molar-refractivity contribution in [2.45, 2.75) is 117 Å². The third-order valence-electron chi connectivity index (χ3n) is 7.00. The minimum absolute atomic E-state index is 0.0300. The van der Waals surface area contributed by atoms with Crippen molar-refractivity contribution in [1.29, 1.82) is 0 Å². The molecule has 0 fully saturated rings. The summed E-state index contributed by atoms with van der Waals surface area (Å²) in [4.78, 5) is 50.6. The van der Waals surface area contributed by atoms with Crippen LogP contribution in [0.25, 0.3) is 0 Å². The van der Waals surface area contributed by atoms with Crippen molar-refractivity contribution in [2.24, 2.45) is 0 Å². The summed E-state index contributed by atoms with van der Waals surface area (Å²) in [7, 11) is 0. The zero-order valence-electron chi connectivity index (χ0n) is 26.4. The molecule has 2 unspecified atom stereocenters. The van der Waals surface area contributed by atoms with E-state index in [4.69, 9.17) is 29.2 Å². The van der Waals surface area contributed by atoms with Gasteiger partial charge >= 0.3 is 24.2 Å². The van der Waals surface area contributed by atoms with Crippen LogP contribution in [0.4, 0.5) is 9.59 Å². The summed E-state index contributed by atoms with van der Waals surface area (Å²) in [6, 6.07) is 0. The highest BCUT2D eigenvalue weighted by atomic mass is 16.7. The third-order valence-corrected chi connectivity index (χ3v) is 7.00. The molecule has 42 heavy (non-hydrogen) atoms. The Hall–Kier alpha value is -2.60. The predicted molar refractivity (Wildman–Crippen MR) is 159 cm³/mol. The standard InChI is InChI=1S/C30H56N2O10/c1-5-9-13-25(15-11-17-27(33)34)41-29(37)39-23-21-32(20-19-31(7-3)8-4)22-24-40-30(38)42-26(14-10-6-2)16-12-18-28(35)36/h25-26H,5-24H2,1-4H3,(H,33,34)(H,35,36). The molecule has 0 aromatic carbocycles. The number of carbonyl (C=O) groups excluding carboxylic acids is 2. The maximum absolute atomic E-state index is 12.3. The highest BCUT2D eigenvalue weighted by Crippen LogP contribution is 2.15. The smallest absolute Gasteiger partial charge is 0.481 e. The molecule has 0 aromatic rings. The van der Waals surface area contributed by atoms with Crippen LogP contribution in [-0.4, -0.2) is 109 Å². The monoisotopic (exact) mass is 604 g/mol. The minimum atomic E-state index is -0.874. The number of rotatable bonds is 27. The molecule has 0 aromatic heterocycles. The first-order valence-electron chi connectivity index (χ1n) is 15.7. The Morgan fingerprint density at radius 3 is 1.31 bits per heavy atom. The third kappa shape index (κ3) is 23.0. The number of ether oxygens (including phenoxy) is 4. The van der Waals surface area contributed by atoms with Gasteiger partial charge in [0.25, 0.3) is 0 Å². The summed E-state index contributed by atoms with van der Waals surface area (Å²) in [5, 5.41) is 17.8. The second-order valence-electron chi connectivity index (χ2n) is 10.4. The van der Waals surface area contributed by atoms with E-state index in [1.54, 1.807) is 0 Å². The van der Waals surface area contributed by atoms with Crippen molar-refractivity contribution in [3.8, 4) is 0 Å². The fourth-order valence-electron chi connectivity index (χ4n) is 4.36. The number of likely N-dealkylation sites (N-methyl/N-ethyl adjacent to an activating group) is 1. The molecule has 2 N–H and O–H groups in total. The van der Waals surface area contributed by atoms with Crippen LogP contribution >= 0.6 is 0 Å². The van der Waals surface area contributed by atoms with Crippen molar-refractivity contribution in [3.63, 3.8) is 0 Å². The summed E-state index contributed by atoms with van der Waals surface area (Å²) >= 11 is 0. The molecule has 0 amide bonds. The maximum atomic E-state index is 12.3. The van der Waals surface area contributed by atoms with Crippen LogP contribution in [-0.2, 0) is 28.5 Å². The molecule has 0 aliphatic rings. The number of carboxylic acids is 2. The van der Waals surface area contributed by atoms with Gasteiger partial charge in [-0.25, -0.2) is 9.59 Å². The highest BCUT2D eigenvalue weighted by molar-refractivity contribution is 5.66. The largest absolute Gasteiger partial charge is 0.508 e. The SMILES string of the molecule is CCCCC(CCCC(=O)O)OC(=O)OCCN(CCOC(=O)OC(CCCC)CCCC(=O)O)CCN(CC)CC. The van der Waals surface area contributed by atoms with Gasteiger partial charge in [0.15, 0.2) is 0 Å².